The van der Waals surface area contributed by atoms with Gasteiger partial charge in [0.1, 0.15) is 5.82 Å². The molecule has 1 aliphatic heterocycles. The van der Waals surface area contributed by atoms with Crippen LogP contribution in [-0.4, -0.2) is 27.6 Å². The van der Waals surface area contributed by atoms with E-state index >= 15 is 0 Å². The van der Waals surface area contributed by atoms with Crippen molar-refractivity contribution in [2.24, 2.45) is 0 Å². The minimum Gasteiger partial charge on any atom is -0.297 e. The number of hydrogen-bond donors (Lipinski definition) is 0. The Bertz CT molecular complexity index is 374. The Hall–Kier alpha value is -1.30. The van der Waals surface area contributed by atoms with Crippen LogP contribution in [0.4, 0.5) is 5.13 Å². The van der Waals surface area contributed by atoms with Gasteiger partial charge < -0.3 is 0 Å². The lowest BCUT2D eigenvalue weighted by Crippen LogP contribution is -2.24. The van der Waals surface area contributed by atoms with Crippen molar-refractivity contribution in [2.45, 2.75) is 13.3 Å². The van der Waals surface area contributed by atoms with Crippen molar-refractivity contribution in [3.63, 3.8) is 0 Å². The summed E-state index contributed by atoms with van der Waals surface area (Å²) in [6.45, 7) is 1.90. The first-order chi connectivity index (χ1) is 6.16. The highest BCUT2D eigenvalue weighted by Gasteiger charge is 2.30. The van der Waals surface area contributed by atoms with Gasteiger partial charge in [-0.1, -0.05) is 0 Å². The summed E-state index contributed by atoms with van der Waals surface area (Å²) in [6, 6.07) is 0. The molecule has 2 heterocycles. The van der Waals surface area contributed by atoms with Crippen molar-refractivity contribution >= 4 is 28.4 Å². The standard InChI is InChI=1S/C7H7N3O2S/c1-4-8-7(13-9-4)10-3-5(11)2-6(10)12/h2-3H2,1H3. The quantitative estimate of drug-likeness (QED) is 0.601. The molecule has 0 N–H and O–H groups in total. The summed E-state index contributed by atoms with van der Waals surface area (Å²) in [6.07, 6.45) is -0.00136. The van der Waals surface area contributed by atoms with E-state index in [9.17, 15) is 9.59 Å². The molecule has 5 nitrogen and oxygen atoms in total. The van der Waals surface area contributed by atoms with Crippen LogP contribution in [0.5, 0.6) is 0 Å². The lowest BCUT2D eigenvalue weighted by molar-refractivity contribution is -0.121. The van der Waals surface area contributed by atoms with E-state index in [-0.39, 0.29) is 24.7 Å². The first kappa shape index (κ1) is 8.31. The molecule has 1 aromatic rings. The SMILES string of the molecule is Cc1nsc(N2CC(=O)CC2=O)n1. The van der Waals surface area contributed by atoms with E-state index in [4.69, 9.17) is 0 Å². The number of rotatable bonds is 1. The van der Waals surface area contributed by atoms with Gasteiger partial charge in [-0.3, -0.25) is 14.5 Å². The zero-order valence-electron chi connectivity index (χ0n) is 6.98. The molecule has 0 bridgehead atoms. The highest BCUT2D eigenvalue weighted by Crippen LogP contribution is 2.21. The second-order valence-electron chi connectivity index (χ2n) is 2.82. The van der Waals surface area contributed by atoms with Crippen LogP contribution in [0.1, 0.15) is 12.2 Å². The molecule has 0 unspecified atom stereocenters. The predicted octanol–water partition coefficient (Wildman–Crippen LogP) is 0.152. The molecule has 1 aromatic heterocycles. The maximum Gasteiger partial charge on any atom is 0.236 e. The Kier molecular flexibility index (Phi) is 1.84. The molecule has 2 rings (SSSR count). The second-order valence-corrected chi connectivity index (χ2v) is 3.55. The smallest absolute Gasteiger partial charge is 0.236 e. The molecule has 0 atom stereocenters. The van der Waals surface area contributed by atoms with E-state index in [0.29, 0.717) is 11.0 Å². The largest absolute Gasteiger partial charge is 0.297 e. The zero-order chi connectivity index (χ0) is 9.42. The number of amides is 1. The van der Waals surface area contributed by atoms with Gasteiger partial charge in [-0.2, -0.15) is 4.37 Å². The average Bonchev–Trinajstić information content (AvgIpc) is 2.58. The molecule has 1 saturated heterocycles. The van der Waals surface area contributed by atoms with Gasteiger partial charge in [0, 0.05) is 11.5 Å². The molecule has 6 heteroatoms. The third-order valence-electron chi connectivity index (χ3n) is 1.73. The topological polar surface area (TPSA) is 63.2 Å². The van der Waals surface area contributed by atoms with Gasteiger partial charge in [0.25, 0.3) is 0 Å². The van der Waals surface area contributed by atoms with Gasteiger partial charge in [0.05, 0.1) is 13.0 Å². The molecule has 1 fully saturated rings. The molecule has 1 amide bonds. The first-order valence-corrected chi connectivity index (χ1v) is 4.56. The van der Waals surface area contributed by atoms with Crippen molar-refractivity contribution in [1.82, 2.24) is 9.36 Å². The fourth-order valence-electron chi connectivity index (χ4n) is 1.15. The Morgan fingerprint density at radius 2 is 2.23 bits per heavy atom. The van der Waals surface area contributed by atoms with Gasteiger partial charge in [-0.25, -0.2) is 4.98 Å². The zero-order valence-corrected chi connectivity index (χ0v) is 7.80. The van der Waals surface area contributed by atoms with Gasteiger partial charge >= 0.3 is 0 Å². The van der Waals surface area contributed by atoms with Crippen LogP contribution < -0.4 is 4.90 Å². The Balaban J connectivity index is 2.27. The number of carbonyl (C=O) groups is 2. The lowest BCUT2D eigenvalue weighted by Gasteiger charge is -2.07. The summed E-state index contributed by atoms with van der Waals surface area (Å²) in [5.74, 6) is 0.395. The van der Waals surface area contributed by atoms with E-state index < -0.39 is 0 Å². The number of anilines is 1. The van der Waals surface area contributed by atoms with E-state index in [0.717, 1.165) is 11.5 Å². The molecule has 68 valence electrons. The second kappa shape index (κ2) is 2.88. The number of carbonyl (C=O) groups excluding carboxylic acids is 2. The van der Waals surface area contributed by atoms with Crippen molar-refractivity contribution in [3.05, 3.63) is 5.82 Å². The van der Waals surface area contributed by atoms with Crippen LogP contribution in [0.25, 0.3) is 0 Å². The highest BCUT2D eigenvalue weighted by molar-refractivity contribution is 7.10. The molecule has 0 radical (unpaired) electrons. The van der Waals surface area contributed by atoms with Crippen LogP contribution in [0.2, 0.25) is 0 Å². The van der Waals surface area contributed by atoms with E-state index in [2.05, 4.69) is 9.36 Å². The molecule has 0 spiro atoms. The number of Topliss-reactive ketones (excluding diaryl/α,β-unsaturated/α-hetero) is 1. The average molecular weight is 197 g/mol. The Morgan fingerprint density at radius 1 is 1.46 bits per heavy atom. The number of nitrogens with zero attached hydrogens (tertiary/aromatic N) is 3. The fourth-order valence-corrected chi connectivity index (χ4v) is 1.85. The summed E-state index contributed by atoms with van der Waals surface area (Å²) in [5, 5.41) is 0.522. The van der Waals surface area contributed by atoms with E-state index in [1.165, 1.54) is 4.90 Å². The molecule has 13 heavy (non-hydrogen) atoms. The number of aryl methyl sites for hydroxylation is 1. The Labute approximate surface area is 78.6 Å². The molecular formula is C7H7N3O2S. The molecule has 0 aromatic carbocycles. The lowest BCUT2D eigenvalue weighted by atomic mass is 10.3. The van der Waals surface area contributed by atoms with Crippen LogP contribution >= 0.6 is 11.5 Å². The molecular weight excluding hydrogens is 190 g/mol. The minimum atomic E-state index is -0.179. The van der Waals surface area contributed by atoms with Crippen molar-refractivity contribution < 1.29 is 9.59 Å². The van der Waals surface area contributed by atoms with Crippen molar-refractivity contribution in [3.8, 4) is 0 Å². The first-order valence-electron chi connectivity index (χ1n) is 3.79. The van der Waals surface area contributed by atoms with Gasteiger partial charge in [-0.15, -0.1) is 0 Å². The summed E-state index contributed by atoms with van der Waals surface area (Å²) < 4.78 is 3.95. The summed E-state index contributed by atoms with van der Waals surface area (Å²) in [7, 11) is 0. The summed E-state index contributed by atoms with van der Waals surface area (Å²) >= 11 is 1.14. The maximum absolute atomic E-state index is 11.2. The van der Waals surface area contributed by atoms with Crippen LogP contribution in [0.15, 0.2) is 0 Å². The van der Waals surface area contributed by atoms with Crippen LogP contribution in [0.3, 0.4) is 0 Å². The van der Waals surface area contributed by atoms with Gasteiger partial charge in [0.15, 0.2) is 5.78 Å². The van der Waals surface area contributed by atoms with Crippen LogP contribution in [0, 0.1) is 6.92 Å². The molecule has 0 saturated carbocycles. The maximum atomic E-state index is 11.2. The minimum absolute atomic E-state index is 0.00136. The predicted molar refractivity (Wildman–Crippen MR) is 46.6 cm³/mol. The van der Waals surface area contributed by atoms with Crippen molar-refractivity contribution in [2.75, 3.05) is 11.4 Å². The molecule has 1 aliphatic rings. The van der Waals surface area contributed by atoms with Gasteiger partial charge in [0.2, 0.25) is 11.0 Å². The number of ketones is 1. The number of hydrogen-bond acceptors (Lipinski definition) is 5. The third-order valence-corrected chi connectivity index (χ3v) is 2.56. The van der Waals surface area contributed by atoms with Crippen molar-refractivity contribution in [1.29, 1.82) is 0 Å². The molecule has 0 aliphatic carbocycles. The highest BCUT2D eigenvalue weighted by atomic mass is 32.1. The van der Waals surface area contributed by atoms with E-state index in [1.807, 2.05) is 0 Å². The normalized spacial score (nSPS) is 17.2. The van der Waals surface area contributed by atoms with Gasteiger partial charge in [-0.05, 0) is 6.92 Å². The monoisotopic (exact) mass is 197 g/mol. The Morgan fingerprint density at radius 3 is 2.69 bits per heavy atom. The number of aromatic nitrogens is 2. The fraction of sp³-hybridized carbons (Fsp3) is 0.429. The summed E-state index contributed by atoms with van der Waals surface area (Å²) in [4.78, 5) is 27.6. The van der Waals surface area contributed by atoms with Crippen LogP contribution in [-0.2, 0) is 9.59 Å². The third kappa shape index (κ3) is 1.44. The summed E-state index contributed by atoms with van der Waals surface area (Å²) in [5.41, 5.74) is 0. The van der Waals surface area contributed by atoms with E-state index in [1.54, 1.807) is 6.92 Å².